The van der Waals surface area contributed by atoms with Crippen LogP contribution in [0.1, 0.15) is 29.6 Å². The monoisotopic (exact) mass is 368 g/mol. The van der Waals surface area contributed by atoms with Crippen molar-refractivity contribution in [1.82, 2.24) is 18.5 Å². The lowest BCUT2D eigenvalue weighted by Gasteiger charge is -2.26. The maximum Gasteiger partial charge on any atom is 0.282 e. The number of hydrogen-bond donors (Lipinski definition) is 0. The highest BCUT2D eigenvalue weighted by Gasteiger charge is 2.33. The number of rotatable bonds is 4. The molecule has 1 aromatic heterocycles. The van der Waals surface area contributed by atoms with Crippen LogP contribution in [0.2, 0.25) is 0 Å². The van der Waals surface area contributed by atoms with E-state index in [0.29, 0.717) is 57.1 Å². The third kappa shape index (κ3) is 3.78. The Balaban J connectivity index is 1.70. The van der Waals surface area contributed by atoms with Gasteiger partial charge in [-0.3, -0.25) is 4.79 Å². The fourth-order valence-electron chi connectivity index (χ4n) is 3.30. The van der Waals surface area contributed by atoms with Crippen LogP contribution in [0.25, 0.3) is 0 Å². The van der Waals surface area contributed by atoms with Gasteiger partial charge in [0.15, 0.2) is 0 Å². The van der Waals surface area contributed by atoms with Crippen molar-refractivity contribution in [2.24, 2.45) is 0 Å². The molecule has 0 spiro atoms. The average Bonchev–Trinajstić information content (AvgIpc) is 3.06. The zero-order valence-corrected chi connectivity index (χ0v) is 15.2. The highest BCUT2D eigenvalue weighted by Crippen LogP contribution is 2.20. The van der Waals surface area contributed by atoms with E-state index in [1.165, 1.54) is 11.4 Å². The van der Waals surface area contributed by atoms with E-state index in [9.17, 15) is 13.2 Å². The Morgan fingerprint density at radius 1 is 1.04 bits per heavy atom. The summed E-state index contributed by atoms with van der Waals surface area (Å²) in [7, 11) is -1.94. The quantitative estimate of drug-likeness (QED) is 0.776. The highest BCUT2D eigenvalue weighted by molar-refractivity contribution is 7.86. The van der Waals surface area contributed by atoms with E-state index in [2.05, 4.69) is 4.98 Å². The molecular formula is C16H24N4O4S. The van der Waals surface area contributed by atoms with Crippen molar-refractivity contribution in [2.75, 3.05) is 46.4 Å². The van der Waals surface area contributed by atoms with Crippen molar-refractivity contribution in [3.8, 4) is 5.88 Å². The van der Waals surface area contributed by atoms with E-state index >= 15 is 0 Å². The van der Waals surface area contributed by atoms with Crippen LogP contribution in [-0.4, -0.2) is 79.2 Å². The van der Waals surface area contributed by atoms with Crippen molar-refractivity contribution in [2.45, 2.75) is 19.3 Å². The lowest BCUT2D eigenvalue weighted by atomic mass is 10.2. The van der Waals surface area contributed by atoms with Gasteiger partial charge in [-0.15, -0.1) is 0 Å². The molecule has 9 heteroatoms. The summed E-state index contributed by atoms with van der Waals surface area (Å²) in [5.74, 6) is 0.115. The van der Waals surface area contributed by atoms with E-state index in [4.69, 9.17) is 4.74 Å². The molecule has 1 aromatic rings. The summed E-state index contributed by atoms with van der Waals surface area (Å²) >= 11 is 0. The van der Waals surface area contributed by atoms with Crippen LogP contribution < -0.4 is 4.74 Å². The van der Waals surface area contributed by atoms with Crippen molar-refractivity contribution in [1.29, 1.82) is 0 Å². The predicted molar refractivity (Wildman–Crippen MR) is 92.6 cm³/mol. The lowest BCUT2D eigenvalue weighted by Crippen LogP contribution is -2.44. The van der Waals surface area contributed by atoms with Gasteiger partial charge in [-0.25, -0.2) is 4.98 Å². The second-order valence-corrected chi connectivity index (χ2v) is 8.15. The van der Waals surface area contributed by atoms with Crippen LogP contribution in [0, 0.1) is 0 Å². The minimum atomic E-state index is -3.42. The number of pyridine rings is 1. The van der Waals surface area contributed by atoms with Gasteiger partial charge in [0.05, 0.1) is 7.11 Å². The Morgan fingerprint density at radius 3 is 2.44 bits per heavy atom. The van der Waals surface area contributed by atoms with Crippen LogP contribution in [-0.2, 0) is 10.2 Å². The minimum Gasteiger partial charge on any atom is -0.480 e. The SMILES string of the molecule is COc1ncccc1C(=O)N1CCCN(S(=O)(=O)N2CCCC2)CC1. The summed E-state index contributed by atoms with van der Waals surface area (Å²) in [4.78, 5) is 18.5. The number of aromatic nitrogens is 1. The summed E-state index contributed by atoms with van der Waals surface area (Å²) in [6, 6.07) is 3.37. The standard InChI is InChI=1S/C16H24N4O4S/c1-24-15-14(6-4-7-17-15)16(21)18-8-5-11-20(13-12-18)25(22,23)19-9-2-3-10-19/h4,6-7H,2-3,5,8-13H2,1H3. The number of methoxy groups -OCH3 is 1. The fraction of sp³-hybridized carbons (Fsp3) is 0.625. The first-order valence-corrected chi connectivity index (χ1v) is 9.97. The molecule has 0 atom stereocenters. The van der Waals surface area contributed by atoms with Crippen LogP contribution >= 0.6 is 0 Å². The molecule has 3 rings (SSSR count). The smallest absolute Gasteiger partial charge is 0.282 e. The van der Waals surface area contributed by atoms with E-state index < -0.39 is 10.2 Å². The van der Waals surface area contributed by atoms with Gasteiger partial charge in [0.1, 0.15) is 5.56 Å². The molecule has 0 aromatic carbocycles. The Kier molecular flexibility index (Phi) is 5.55. The molecule has 138 valence electrons. The normalized spacial score (nSPS) is 20.4. The average molecular weight is 368 g/mol. The van der Waals surface area contributed by atoms with Crippen LogP contribution in [0.5, 0.6) is 5.88 Å². The first kappa shape index (κ1) is 18.1. The molecule has 2 saturated heterocycles. The van der Waals surface area contributed by atoms with Crippen LogP contribution in [0.3, 0.4) is 0 Å². The maximum atomic E-state index is 12.8. The van der Waals surface area contributed by atoms with Gasteiger partial charge < -0.3 is 9.64 Å². The topological polar surface area (TPSA) is 83.0 Å². The van der Waals surface area contributed by atoms with Crippen molar-refractivity contribution in [3.05, 3.63) is 23.9 Å². The van der Waals surface area contributed by atoms with Crippen LogP contribution in [0.15, 0.2) is 18.3 Å². The molecule has 2 fully saturated rings. The van der Waals surface area contributed by atoms with Crippen molar-refractivity contribution in [3.63, 3.8) is 0 Å². The molecular weight excluding hydrogens is 344 g/mol. The molecule has 25 heavy (non-hydrogen) atoms. The third-order valence-electron chi connectivity index (χ3n) is 4.65. The molecule has 3 heterocycles. The summed E-state index contributed by atoms with van der Waals surface area (Å²) in [6.07, 6.45) is 4.01. The molecule has 0 unspecified atom stereocenters. The summed E-state index contributed by atoms with van der Waals surface area (Å²) in [5.41, 5.74) is 0.404. The number of hydrogen-bond acceptors (Lipinski definition) is 5. The second-order valence-electron chi connectivity index (χ2n) is 6.22. The molecule has 0 radical (unpaired) electrons. The molecule has 0 bridgehead atoms. The van der Waals surface area contributed by atoms with Gasteiger partial charge in [-0.2, -0.15) is 17.0 Å². The van der Waals surface area contributed by atoms with Gasteiger partial charge in [0.2, 0.25) is 5.88 Å². The molecule has 0 aliphatic carbocycles. The molecule has 8 nitrogen and oxygen atoms in total. The number of carbonyl (C=O) groups is 1. The lowest BCUT2D eigenvalue weighted by molar-refractivity contribution is 0.0760. The predicted octanol–water partition coefficient (Wildman–Crippen LogP) is 0.579. The number of carbonyl (C=O) groups excluding carboxylic acids is 1. The molecule has 0 saturated carbocycles. The first-order chi connectivity index (χ1) is 12.0. The van der Waals surface area contributed by atoms with E-state index in [1.54, 1.807) is 27.5 Å². The largest absolute Gasteiger partial charge is 0.480 e. The minimum absolute atomic E-state index is 0.176. The van der Waals surface area contributed by atoms with Gasteiger partial charge in [-0.1, -0.05) is 0 Å². The zero-order chi connectivity index (χ0) is 17.9. The molecule has 2 aliphatic heterocycles. The molecule has 2 aliphatic rings. The first-order valence-electron chi connectivity index (χ1n) is 8.57. The second kappa shape index (κ2) is 7.67. The summed E-state index contributed by atoms with van der Waals surface area (Å²) in [6.45, 7) is 2.81. The molecule has 1 amide bonds. The third-order valence-corrected chi connectivity index (χ3v) is 6.69. The van der Waals surface area contributed by atoms with Crippen molar-refractivity contribution < 1.29 is 17.9 Å². The van der Waals surface area contributed by atoms with Gasteiger partial charge in [0, 0.05) is 45.5 Å². The highest BCUT2D eigenvalue weighted by atomic mass is 32.2. The van der Waals surface area contributed by atoms with Gasteiger partial charge >= 0.3 is 0 Å². The Morgan fingerprint density at radius 2 is 1.72 bits per heavy atom. The fourth-order valence-corrected chi connectivity index (χ4v) is 5.01. The number of nitrogens with zero attached hydrogens (tertiary/aromatic N) is 4. The van der Waals surface area contributed by atoms with E-state index in [0.717, 1.165) is 12.8 Å². The Hall–Kier alpha value is -1.71. The van der Waals surface area contributed by atoms with Crippen molar-refractivity contribution >= 4 is 16.1 Å². The summed E-state index contributed by atoms with van der Waals surface area (Å²) < 4.78 is 33.6. The van der Waals surface area contributed by atoms with E-state index in [-0.39, 0.29) is 5.91 Å². The summed E-state index contributed by atoms with van der Waals surface area (Å²) in [5, 5.41) is 0. The Bertz CT molecular complexity index is 719. The van der Waals surface area contributed by atoms with Gasteiger partial charge in [0.25, 0.3) is 16.1 Å². The number of amides is 1. The van der Waals surface area contributed by atoms with Gasteiger partial charge in [-0.05, 0) is 31.4 Å². The molecule has 0 N–H and O–H groups in total. The van der Waals surface area contributed by atoms with E-state index in [1.807, 2.05) is 0 Å². The Labute approximate surface area is 148 Å². The number of ether oxygens (including phenoxy) is 1. The van der Waals surface area contributed by atoms with Crippen LogP contribution in [0.4, 0.5) is 0 Å². The zero-order valence-electron chi connectivity index (χ0n) is 14.4. The maximum absolute atomic E-state index is 12.8.